The van der Waals surface area contributed by atoms with E-state index in [9.17, 15) is 4.79 Å². The molecule has 19 heavy (non-hydrogen) atoms. The second-order valence-electron chi connectivity index (χ2n) is 4.88. The van der Waals surface area contributed by atoms with Crippen LogP contribution in [0.25, 0.3) is 0 Å². The summed E-state index contributed by atoms with van der Waals surface area (Å²) < 4.78 is 0. The Morgan fingerprint density at radius 3 is 2.89 bits per heavy atom. The summed E-state index contributed by atoms with van der Waals surface area (Å²) in [4.78, 5) is 15.4. The van der Waals surface area contributed by atoms with E-state index in [4.69, 9.17) is 5.73 Å². The highest BCUT2D eigenvalue weighted by Crippen LogP contribution is 2.34. The number of nitrogens with zero attached hydrogens (tertiary/aromatic N) is 1. The first-order chi connectivity index (χ1) is 9.18. The topological polar surface area (TPSA) is 46.3 Å². The van der Waals surface area contributed by atoms with Crippen molar-refractivity contribution < 1.29 is 4.79 Å². The van der Waals surface area contributed by atoms with Crippen LogP contribution in [0.3, 0.4) is 0 Å². The fourth-order valence-corrected chi connectivity index (χ4v) is 3.36. The molecule has 3 rings (SSSR count). The van der Waals surface area contributed by atoms with Gasteiger partial charge in [0.1, 0.15) is 6.04 Å². The van der Waals surface area contributed by atoms with Crippen LogP contribution in [0, 0.1) is 0 Å². The smallest absolute Gasteiger partial charge is 0.249 e. The number of hydrogen-bond acceptors (Lipinski definition) is 3. The van der Waals surface area contributed by atoms with E-state index in [0.29, 0.717) is 0 Å². The molecular formula is C15H16N2OS. The second kappa shape index (κ2) is 4.79. The molecule has 2 unspecified atom stereocenters. The Morgan fingerprint density at radius 1 is 1.37 bits per heavy atom. The van der Waals surface area contributed by atoms with Crippen LogP contribution in [-0.4, -0.2) is 11.9 Å². The molecule has 4 heteroatoms. The van der Waals surface area contributed by atoms with E-state index >= 15 is 0 Å². The zero-order chi connectivity index (χ0) is 13.4. The fourth-order valence-electron chi connectivity index (χ4n) is 2.64. The van der Waals surface area contributed by atoms with E-state index in [1.807, 2.05) is 40.6 Å². The van der Waals surface area contributed by atoms with Crippen LogP contribution in [0.15, 0.2) is 41.8 Å². The van der Waals surface area contributed by atoms with Crippen LogP contribution in [0.4, 0.5) is 5.69 Å². The lowest BCUT2D eigenvalue weighted by molar-refractivity contribution is -0.120. The Hall–Kier alpha value is -1.65. The number of thiophene rings is 1. The number of amides is 1. The van der Waals surface area contributed by atoms with Gasteiger partial charge >= 0.3 is 0 Å². The molecule has 0 fully saturated rings. The largest absolute Gasteiger partial charge is 0.316 e. The number of hydrogen-bond donors (Lipinski definition) is 1. The van der Waals surface area contributed by atoms with Gasteiger partial charge in [-0.05, 0) is 36.4 Å². The Labute approximate surface area is 116 Å². The van der Waals surface area contributed by atoms with Gasteiger partial charge in [-0.2, -0.15) is 0 Å². The lowest BCUT2D eigenvalue weighted by Gasteiger charge is -2.25. The quantitative estimate of drug-likeness (QED) is 0.913. The SMILES string of the molecule is CC1Cc2ccccc2N1C(=O)C(N)c1cccs1. The van der Waals surface area contributed by atoms with Crippen molar-refractivity contribution in [1.29, 1.82) is 0 Å². The van der Waals surface area contributed by atoms with Crippen LogP contribution >= 0.6 is 11.3 Å². The van der Waals surface area contributed by atoms with E-state index in [2.05, 4.69) is 13.0 Å². The van der Waals surface area contributed by atoms with E-state index < -0.39 is 6.04 Å². The van der Waals surface area contributed by atoms with Crippen molar-refractivity contribution in [2.75, 3.05) is 4.90 Å². The number of nitrogens with two attached hydrogens (primary N) is 1. The third kappa shape index (κ3) is 2.07. The number of para-hydroxylation sites is 1. The number of rotatable bonds is 2. The fraction of sp³-hybridized carbons (Fsp3) is 0.267. The normalized spacial score (nSPS) is 19.3. The highest BCUT2D eigenvalue weighted by molar-refractivity contribution is 7.10. The maximum absolute atomic E-state index is 12.6. The Morgan fingerprint density at radius 2 is 2.16 bits per heavy atom. The maximum atomic E-state index is 12.6. The van der Waals surface area contributed by atoms with Gasteiger partial charge in [-0.3, -0.25) is 4.79 Å². The summed E-state index contributed by atoms with van der Waals surface area (Å²) in [5, 5.41) is 1.95. The van der Waals surface area contributed by atoms with E-state index in [0.717, 1.165) is 17.0 Å². The van der Waals surface area contributed by atoms with Crippen LogP contribution in [0.1, 0.15) is 23.4 Å². The van der Waals surface area contributed by atoms with E-state index in [-0.39, 0.29) is 11.9 Å². The van der Waals surface area contributed by atoms with Crippen LogP contribution in [-0.2, 0) is 11.2 Å². The summed E-state index contributed by atoms with van der Waals surface area (Å²) in [6, 6.07) is 11.5. The van der Waals surface area contributed by atoms with Crippen LogP contribution in [0.5, 0.6) is 0 Å². The molecule has 0 saturated carbocycles. The molecule has 0 spiro atoms. The number of anilines is 1. The Kier molecular flexibility index (Phi) is 3.12. The summed E-state index contributed by atoms with van der Waals surface area (Å²) in [7, 11) is 0. The molecule has 2 heterocycles. The molecule has 2 atom stereocenters. The van der Waals surface area contributed by atoms with Crippen molar-refractivity contribution in [1.82, 2.24) is 0 Å². The van der Waals surface area contributed by atoms with Gasteiger partial charge in [-0.15, -0.1) is 11.3 Å². The average Bonchev–Trinajstić information content (AvgIpc) is 3.03. The highest BCUT2D eigenvalue weighted by Gasteiger charge is 2.33. The first kappa shape index (κ1) is 12.4. The first-order valence-electron chi connectivity index (χ1n) is 6.38. The van der Waals surface area contributed by atoms with E-state index in [1.165, 1.54) is 16.9 Å². The second-order valence-corrected chi connectivity index (χ2v) is 5.86. The number of carbonyl (C=O) groups is 1. The minimum atomic E-state index is -0.561. The predicted octanol–water partition coefficient (Wildman–Crippen LogP) is 2.73. The zero-order valence-electron chi connectivity index (χ0n) is 10.7. The number of carbonyl (C=O) groups excluding carboxylic acids is 1. The molecule has 0 radical (unpaired) electrons. The maximum Gasteiger partial charge on any atom is 0.249 e. The molecule has 1 aliphatic heterocycles. The minimum Gasteiger partial charge on any atom is -0.316 e. The predicted molar refractivity (Wildman–Crippen MR) is 78.3 cm³/mol. The molecule has 1 aromatic carbocycles. The zero-order valence-corrected chi connectivity index (χ0v) is 11.6. The monoisotopic (exact) mass is 272 g/mol. The average molecular weight is 272 g/mol. The Balaban J connectivity index is 1.92. The summed E-state index contributed by atoms with van der Waals surface area (Å²) >= 11 is 1.53. The third-order valence-electron chi connectivity index (χ3n) is 3.56. The van der Waals surface area contributed by atoms with Crippen molar-refractivity contribution in [3.05, 3.63) is 52.2 Å². The summed E-state index contributed by atoms with van der Waals surface area (Å²) in [5.41, 5.74) is 8.33. The number of benzene rings is 1. The lowest BCUT2D eigenvalue weighted by Crippen LogP contribution is -2.41. The van der Waals surface area contributed by atoms with Gasteiger partial charge in [0.05, 0.1) is 0 Å². The molecule has 2 N–H and O–H groups in total. The summed E-state index contributed by atoms with van der Waals surface area (Å²) in [6.07, 6.45) is 0.902. The van der Waals surface area contributed by atoms with Crippen molar-refractivity contribution in [3.8, 4) is 0 Å². The Bertz CT molecular complexity index is 594. The highest BCUT2D eigenvalue weighted by atomic mass is 32.1. The van der Waals surface area contributed by atoms with Crippen molar-refractivity contribution in [2.24, 2.45) is 5.73 Å². The van der Waals surface area contributed by atoms with Gasteiger partial charge in [0.2, 0.25) is 5.91 Å². The van der Waals surface area contributed by atoms with Gasteiger partial charge in [0, 0.05) is 16.6 Å². The van der Waals surface area contributed by atoms with Gasteiger partial charge in [0.25, 0.3) is 0 Å². The van der Waals surface area contributed by atoms with Crippen molar-refractivity contribution in [2.45, 2.75) is 25.4 Å². The summed E-state index contributed by atoms with van der Waals surface area (Å²) in [6.45, 7) is 2.07. The molecule has 0 aliphatic carbocycles. The molecular weight excluding hydrogens is 256 g/mol. The molecule has 0 saturated heterocycles. The third-order valence-corrected chi connectivity index (χ3v) is 4.52. The van der Waals surface area contributed by atoms with Crippen molar-refractivity contribution >= 4 is 22.9 Å². The molecule has 98 valence electrons. The molecule has 1 aromatic heterocycles. The van der Waals surface area contributed by atoms with E-state index in [1.54, 1.807) is 0 Å². The van der Waals surface area contributed by atoms with Gasteiger partial charge in [0.15, 0.2) is 0 Å². The first-order valence-corrected chi connectivity index (χ1v) is 7.26. The van der Waals surface area contributed by atoms with Gasteiger partial charge in [-0.1, -0.05) is 24.3 Å². The molecule has 1 amide bonds. The molecule has 2 aromatic rings. The van der Waals surface area contributed by atoms with Gasteiger partial charge < -0.3 is 10.6 Å². The number of fused-ring (bicyclic) bond motifs is 1. The molecule has 3 nitrogen and oxygen atoms in total. The van der Waals surface area contributed by atoms with Crippen LogP contribution < -0.4 is 10.6 Å². The molecule has 1 aliphatic rings. The standard InChI is InChI=1S/C15H16N2OS/c1-10-9-11-5-2-3-6-12(11)17(10)15(18)14(16)13-7-4-8-19-13/h2-8,10,14H,9,16H2,1H3. The lowest BCUT2D eigenvalue weighted by atomic mass is 10.1. The van der Waals surface area contributed by atoms with Crippen LogP contribution in [0.2, 0.25) is 0 Å². The van der Waals surface area contributed by atoms with Gasteiger partial charge in [-0.25, -0.2) is 0 Å². The summed E-state index contributed by atoms with van der Waals surface area (Å²) in [5.74, 6) is -0.0140. The minimum absolute atomic E-state index is 0.0140. The van der Waals surface area contributed by atoms with Crippen molar-refractivity contribution in [3.63, 3.8) is 0 Å². The molecule has 0 bridgehead atoms.